The highest BCUT2D eigenvalue weighted by atomic mass is 35.5. The van der Waals surface area contributed by atoms with E-state index in [1.807, 2.05) is 0 Å². The minimum atomic E-state index is -0.861. The van der Waals surface area contributed by atoms with Crippen molar-refractivity contribution in [3.05, 3.63) is 99.7 Å². The number of nitro groups is 1. The Balaban J connectivity index is 1.97. The lowest BCUT2D eigenvalue weighted by Gasteiger charge is -2.25. The van der Waals surface area contributed by atoms with Crippen LogP contribution >= 0.6 is 22.9 Å². The quantitative estimate of drug-likeness (QED) is 0.327. The molecule has 4 rings (SSSR count). The Morgan fingerprint density at radius 3 is 2.76 bits per heavy atom. The standard InChI is InChI=1S/C23H18ClN3O6S/c1-3-33-22(30)19-12(2)25-23-26(20(19)14-6-4-5-7-15(14)24)21(29)18(34-23)11-13-8-9-17(28)16(10-13)27(31)32/h4-11,20,28H,3H2,1-2H3. The summed E-state index contributed by atoms with van der Waals surface area (Å²) in [5.41, 5.74) is 0.569. The van der Waals surface area contributed by atoms with Crippen LogP contribution in [0.3, 0.4) is 0 Å². The van der Waals surface area contributed by atoms with Crippen LogP contribution in [-0.4, -0.2) is 27.2 Å². The zero-order chi connectivity index (χ0) is 24.6. The molecule has 1 aromatic heterocycles. The summed E-state index contributed by atoms with van der Waals surface area (Å²) in [6.45, 7) is 3.50. The predicted molar refractivity (Wildman–Crippen MR) is 127 cm³/mol. The Morgan fingerprint density at radius 1 is 1.35 bits per heavy atom. The maximum absolute atomic E-state index is 13.5. The first kappa shape index (κ1) is 23.4. The molecule has 0 fully saturated rings. The van der Waals surface area contributed by atoms with Gasteiger partial charge in [0.2, 0.25) is 0 Å². The number of rotatable bonds is 5. The summed E-state index contributed by atoms with van der Waals surface area (Å²) >= 11 is 7.53. The number of nitrogens with zero attached hydrogens (tertiary/aromatic N) is 3. The van der Waals surface area contributed by atoms with Crippen LogP contribution in [0.25, 0.3) is 6.08 Å². The average Bonchev–Trinajstić information content (AvgIpc) is 3.09. The van der Waals surface area contributed by atoms with Crippen LogP contribution < -0.4 is 14.9 Å². The molecule has 0 bridgehead atoms. The molecule has 0 saturated carbocycles. The summed E-state index contributed by atoms with van der Waals surface area (Å²) in [5, 5.41) is 21.2. The number of hydrogen-bond donors (Lipinski definition) is 1. The SMILES string of the molecule is CCOC(=O)C1=C(C)N=c2sc(=Cc3ccc(O)c([N+](=O)[O-])c3)c(=O)n2C1c1ccccc1Cl. The molecule has 0 radical (unpaired) electrons. The summed E-state index contributed by atoms with van der Waals surface area (Å²) in [6, 6.07) is 9.86. The molecule has 2 aromatic carbocycles. The highest BCUT2D eigenvalue weighted by Crippen LogP contribution is 2.34. The molecule has 0 amide bonds. The van der Waals surface area contributed by atoms with E-state index in [4.69, 9.17) is 16.3 Å². The zero-order valence-corrected chi connectivity index (χ0v) is 19.6. The summed E-state index contributed by atoms with van der Waals surface area (Å²) in [7, 11) is 0. The van der Waals surface area contributed by atoms with Crippen LogP contribution in [0, 0.1) is 10.1 Å². The number of phenols is 1. The van der Waals surface area contributed by atoms with Crippen LogP contribution in [0.1, 0.15) is 31.0 Å². The Bertz CT molecular complexity index is 1540. The number of ether oxygens (including phenoxy) is 1. The zero-order valence-electron chi connectivity index (χ0n) is 18.0. The highest BCUT2D eigenvalue weighted by Gasteiger charge is 2.34. The van der Waals surface area contributed by atoms with Crippen molar-refractivity contribution in [1.29, 1.82) is 0 Å². The third-order valence-corrected chi connectivity index (χ3v) is 6.54. The lowest BCUT2D eigenvalue weighted by atomic mass is 9.96. The molecule has 2 heterocycles. The number of carbonyl (C=O) groups excluding carboxylic acids is 1. The largest absolute Gasteiger partial charge is 0.502 e. The van der Waals surface area contributed by atoms with Gasteiger partial charge in [0.15, 0.2) is 10.6 Å². The molecule has 0 spiro atoms. The molecule has 0 saturated heterocycles. The van der Waals surface area contributed by atoms with Crippen molar-refractivity contribution < 1.29 is 19.6 Å². The second-order valence-corrected chi connectivity index (χ2v) is 8.75. The van der Waals surface area contributed by atoms with Crippen LogP contribution in [0.5, 0.6) is 5.75 Å². The lowest BCUT2D eigenvalue weighted by molar-refractivity contribution is -0.385. The normalized spacial score (nSPS) is 15.6. The van der Waals surface area contributed by atoms with Gasteiger partial charge in [-0.1, -0.05) is 47.2 Å². The first-order chi connectivity index (χ1) is 16.2. The molecule has 11 heteroatoms. The number of allylic oxidation sites excluding steroid dienone is 1. The number of benzene rings is 2. The number of esters is 1. The van der Waals surface area contributed by atoms with E-state index >= 15 is 0 Å². The Morgan fingerprint density at radius 2 is 2.09 bits per heavy atom. The second-order valence-electron chi connectivity index (χ2n) is 7.33. The van der Waals surface area contributed by atoms with Gasteiger partial charge in [-0.2, -0.15) is 0 Å². The van der Waals surface area contributed by atoms with Crippen molar-refractivity contribution in [1.82, 2.24) is 4.57 Å². The van der Waals surface area contributed by atoms with Crippen LogP contribution in [0.4, 0.5) is 5.69 Å². The first-order valence-electron chi connectivity index (χ1n) is 10.1. The molecular formula is C23H18ClN3O6S. The Kier molecular flexibility index (Phi) is 6.36. The summed E-state index contributed by atoms with van der Waals surface area (Å²) in [4.78, 5) is 41.7. The summed E-state index contributed by atoms with van der Waals surface area (Å²) < 4.78 is 6.87. The molecule has 174 valence electrons. The fourth-order valence-corrected chi connectivity index (χ4v) is 5.00. The van der Waals surface area contributed by atoms with E-state index in [0.717, 1.165) is 11.3 Å². The lowest BCUT2D eigenvalue weighted by Crippen LogP contribution is -2.40. The molecule has 1 atom stereocenters. The van der Waals surface area contributed by atoms with Crippen LogP contribution in [-0.2, 0) is 9.53 Å². The number of hydrogen-bond acceptors (Lipinski definition) is 8. The van der Waals surface area contributed by atoms with E-state index in [1.165, 1.54) is 28.8 Å². The maximum Gasteiger partial charge on any atom is 0.338 e. The number of halogens is 1. The van der Waals surface area contributed by atoms with Crippen molar-refractivity contribution >= 4 is 40.7 Å². The number of nitro benzene ring substituents is 1. The van der Waals surface area contributed by atoms with E-state index in [1.54, 1.807) is 38.1 Å². The van der Waals surface area contributed by atoms with E-state index in [2.05, 4.69) is 4.99 Å². The van der Waals surface area contributed by atoms with Gasteiger partial charge in [-0.05, 0) is 43.2 Å². The van der Waals surface area contributed by atoms with Crippen molar-refractivity contribution in [3.63, 3.8) is 0 Å². The number of thiazole rings is 1. The van der Waals surface area contributed by atoms with Gasteiger partial charge in [0.05, 0.1) is 27.3 Å². The van der Waals surface area contributed by atoms with E-state index in [9.17, 15) is 24.8 Å². The molecule has 0 aliphatic carbocycles. The maximum atomic E-state index is 13.5. The monoisotopic (exact) mass is 499 g/mol. The molecule has 9 nitrogen and oxygen atoms in total. The minimum absolute atomic E-state index is 0.148. The van der Waals surface area contributed by atoms with E-state index in [-0.39, 0.29) is 16.7 Å². The van der Waals surface area contributed by atoms with Gasteiger partial charge in [-0.3, -0.25) is 19.5 Å². The van der Waals surface area contributed by atoms with E-state index in [0.29, 0.717) is 26.6 Å². The second kappa shape index (κ2) is 9.24. The fourth-order valence-electron chi connectivity index (χ4n) is 3.71. The van der Waals surface area contributed by atoms with Gasteiger partial charge in [0.1, 0.15) is 6.04 Å². The van der Waals surface area contributed by atoms with Crippen molar-refractivity contribution in [2.24, 2.45) is 4.99 Å². The average molecular weight is 500 g/mol. The number of aromatic nitrogens is 1. The van der Waals surface area contributed by atoms with Crippen molar-refractivity contribution in [3.8, 4) is 5.75 Å². The predicted octanol–water partition coefficient (Wildman–Crippen LogP) is 3.07. The summed E-state index contributed by atoms with van der Waals surface area (Å²) in [5.74, 6) is -1.07. The topological polar surface area (TPSA) is 124 Å². The van der Waals surface area contributed by atoms with Crippen molar-refractivity contribution in [2.45, 2.75) is 19.9 Å². The fraction of sp³-hybridized carbons (Fsp3) is 0.174. The number of carbonyl (C=O) groups is 1. The van der Waals surface area contributed by atoms with Gasteiger partial charge in [-0.25, -0.2) is 9.79 Å². The minimum Gasteiger partial charge on any atom is -0.502 e. The van der Waals surface area contributed by atoms with Gasteiger partial charge in [0, 0.05) is 11.1 Å². The Hall–Kier alpha value is -3.76. The van der Waals surface area contributed by atoms with Crippen molar-refractivity contribution in [2.75, 3.05) is 6.61 Å². The first-order valence-corrected chi connectivity index (χ1v) is 11.3. The van der Waals surface area contributed by atoms with Crippen LogP contribution in [0.15, 0.2) is 63.5 Å². The third-order valence-electron chi connectivity index (χ3n) is 5.21. The number of aromatic hydroxyl groups is 1. The van der Waals surface area contributed by atoms with Gasteiger partial charge >= 0.3 is 11.7 Å². The molecular weight excluding hydrogens is 482 g/mol. The van der Waals surface area contributed by atoms with Crippen LogP contribution in [0.2, 0.25) is 5.02 Å². The number of fused-ring (bicyclic) bond motifs is 1. The molecule has 1 aliphatic rings. The molecule has 1 N–H and O–H groups in total. The molecule has 3 aromatic rings. The molecule has 1 unspecified atom stereocenters. The summed E-state index contributed by atoms with van der Waals surface area (Å²) in [6.07, 6.45) is 1.48. The van der Waals surface area contributed by atoms with Gasteiger partial charge < -0.3 is 9.84 Å². The third kappa shape index (κ3) is 4.13. The highest BCUT2D eigenvalue weighted by molar-refractivity contribution is 7.07. The van der Waals surface area contributed by atoms with Gasteiger partial charge in [-0.15, -0.1) is 0 Å². The smallest absolute Gasteiger partial charge is 0.338 e. The number of phenolic OH excluding ortho intramolecular Hbond substituents is 1. The van der Waals surface area contributed by atoms with E-state index < -0.39 is 33.9 Å². The molecule has 1 aliphatic heterocycles. The Labute approximate surface area is 201 Å². The molecule has 34 heavy (non-hydrogen) atoms. The van der Waals surface area contributed by atoms with Gasteiger partial charge in [0.25, 0.3) is 5.56 Å².